The molecule has 3 nitrogen and oxygen atoms in total. The highest BCUT2D eigenvalue weighted by atomic mass is 32.1. The summed E-state index contributed by atoms with van der Waals surface area (Å²) in [6, 6.07) is 33.5. The van der Waals surface area contributed by atoms with Crippen LogP contribution >= 0.6 is 11.3 Å². The third kappa shape index (κ3) is 4.88. The van der Waals surface area contributed by atoms with Gasteiger partial charge in [0.05, 0.1) is 9.60 Å². The number of hydrogen-bond donors (Lipinski definition) is 0. The maximum Gasteiger partial charge on any atom is 0.164 e. The number of nitrogens with zero attached hydrogens (tertiary/aromatic N) is 3. The average Bonchev–Trinajstić information content (AvgIpc) is 3.58. The van der Waals surface area contributed by atoms with E-state index in [1.54, 1.807) is 0 Å². The second-order valence-electron chi connectivity index (χ2n) is 9.96. The summed E-state index contributed by atoms with van der Waals surface area (Å²) >= 11 is 1.01. The lowest BCUT2D eigenvalue weighted by Gasteiger charge is -2.10. The van der Waals surface area contributed by atoms with E-state index in [9.17, 15) is 1.37 Å². The van der Waals surface area contributed by atoms with E-state index in [-0.39, 0.29) is 67.8 Å². The van der Waals surface area contributed by atoms with Gasteiger partial charge in [0.2, 0.25) is 0 Å². The van der Waals surface area contributed by atoms with Crippen molar-refractivity contribution in [2.24, 2.45) is 0 Å². The first-order valence-corrected chi connectivity index (χ1v) is 14.5. The van der Waals surface area contributed by atoms with Crippen LogP contribution < -0.4 is 0 Å². The monoisotopic (exact) mass is 574 g/mol. The van der Waals surface area contributed by atoms with Crippen molar-refractivity contribution in [1.82, 2.24) is 15.0 Å². The standard InChI is InChI=1S/C39H25N3S/c1-3-10-26(11-4-1)28-18-20-29(21-19-28)37-40-38(31-15-9-14-30(24-31)27-12-5-2-6-13-27)42-39(41-37)32-22-23-34-33-16-7-8-17-35(33)43-36(34)25-32/h1-25H/i7D,8D,16D,17D,22D,23D,25D. The van der Waals surface area contributed by atoms with E-state index in [4.69, 9.17) is 23.2 Å². The normalized spacial score (nSPS) is 13.5. The van der Waals surface area contributed by atoms with Gasteiger partial charge in [-0.1, -0.05) is 133 Å². The molecule has 6 aromatic carbocycles. The smallest absolute Gasteiger partial charge is 0.164 e. The van der Waals surface area contributed by atoms with Crippen LogP contribution in [0.1, 0.15) is 9.60 Å². The molecule has 0 saturated heterocycles. The van der Waals surface area contributed by atoms with Crippen molar-refractivity contribution in [3.05, 3.63) is 151 Å². The van der Waals surface area contributed by atoms with Gasteiger partial charge in [0.1, 0.15) is 0 Å². The van der Waals surface area contributed by atoms with Gasteiger partial charge in [-0.2, -0.15) is 0 Å². The van der Waals surface area contributed by atoms with Crippen molar-refractivity contribution in [1.29, 1.82) is 0 Å². The molecule has 0 N–H and O–H groups in total. The van der Waals surface area contributed by atoms with Crippen LogP contribution in [0.3, 0.4) is 0 Å². The molecule has 0 atom stereocenters. The molecule has 0 saturated carbocycles. The first-order chi connectivity index (χ1) is 24.2. The first-order valence-electron chi connectivity index (χ1n) is 17.2. The van der Waals surface area contributed by atoms with Gasteiger partial charge < -0.3 is 0 Å². The lowest BCUT2D eigenvalue weighted by molar-refractivity contribution is 1.07. The summed E-state index contributed by atoms with van der Waals surface area (Å²) in [5, 5.41) is 0.292. The SMILES string of the molecule is [2H]c1c([2H])c([2H])c2c(sc3c([2H])c(-c4nc(-c5ccc(-c6ccccc6)cc5)nc(-c5cccc(-c6ccccc6)c5)n4)c([2H])c([2H])c32)c1[2H]. The second kappa shape index (κ2) is 10.8. The Labute approximate surface area is 263 Å². The van der Waals surface area contributed by atoms with Gasteiger partial charge in [-0.3, -0.25) is 0 Å². The molecule has 0 unspecified atom stereocenters. The summed E-state index contributed by atoms with van der Waals surface area (Å²) < 4.78 is 61.4. The zero-order valence-corrected chi connectivity index (χ0v) is 23.5. The Balaban J connectivity index is 1.36. The maximum atomic E-state index is 9.31. The van der Waals surface area contributed by atoms with Crippen LogP contribution in [0.25, 0.3) is 76.6 Å². The fraction of sp³-hybridized carbons (Fsp3) is 0. The summed E-state index contributed by atoms with van der Waals surface area (Å²) in [7, 11) is 0. The van der Waals surface area contributed by atoms with Crippen LogP contribution in [0, 0.1) is 0 Å². The molecule has 0 aliphatic rings. The summed E-state index contributed by atoms with van der Waals surface area (Å²) in [6.07, 6.45) is 0. The van der Waals surface area contributed by atoms with Gasteiger partial charge in [-0.05, 0) is 40.4 Å². The van der Waals surface area contributed by atoms with E-state index >= 15 is 0 Å². The summed E-state index contributed by atoms with van der Waals surface area (Å²) in [5.74, 6) is 0.706. The lowest BCUT2D eigenvalue weighted by atomic mass is 10.0. The van der Waals surface area contributed by atoms with Gasteiger partial charge in [0.15, 0.2) is 17.5 Å². The van der Waals surface area contributed by atoms with Gasteiger partial charge in [-0.15, -0.1) is 11.3 Å². The van der Waals surface area contributed by atoms with Crippen LogP contribution in [-0.4, -0.2) is 15.0 Å². The average molecular weight is 575 g/mol. The number of hydrogen-bond acceptors (Lipinski definition) is 4. The molecule has 0 spiro atoms. The number of fused-ring (bicyclic) bond motifs is 3. The van der Waals surface area contributed by atoms with Crippen molar-refractivity contribution in [3.8, 4) is 56.4 Å². The van der Waals surface area contributed by atoms with Crippen LogP contribution in [0.5, 0.6) is 0 Å². The summed E-state index contributed by atoms with van der Waals surface area (Å²) in [4.78, 5) is 14.5. The van der Waals surface area contributed by atoms with Crippen molar-refractivity contribution >= 4 is 31.5 Å². The molecule has 0 aliphatic heterocycles. The predicted molar refractivity (Wildman–Crippen MR) is 180 cm³/mol. The first kappa shape index (κ1) is 18.9. The van der Waals surface area contributed by atoms with Crippen LogP contribution in [0.2, 0.25) is 0 Å². The molecule has 0 fully saturated rings. The van der Waals surface area contributed by atoms with Crippen LogP contribution in [0.4, 0.5) is 0 Å². The minimum Gasteiger partial charge on any atom is -0.208 e. The fourth-order valence-corrected chi connectivity index (χ4v) is 6.04. The fourth-order valence-electron chi connectivity index (χ4n) is 5.07. The largest absolute Gasteiger partial charge is 0.208 e. The van der Waals surface area contributed by atoms with Crippen molar-refractivity contribution in [2.75, 3.05) is 0 Å². The minimum atomic E-state index is -0.425. The molecule has 202 valence electrons. The maximum absolute atomic E-state index is 9.31. The van der Waals surface area contributed by atoms with E-state index in [1.807, 2.05) is 109 Å². The van der Waals surface area contributed by atoms with Gasteiger partial charge >= 0.3 is 0 Å². The van der Waals surface area contributed by atoms with E-state index in [1.165, 1.54) is 0 Å². The molecule has 0 radical (unpaired) electrons. The molecule has 8 aromatic rings. The molecule has 0 bridgehead atoms. The van der Waals surface area contributed by atoms with Crippen molar-refractivity contribution in [2.45, 2.75) is 0 Å². The topological polar surface area (TPSA) is 38.7 Å². The Morgan fingerprint density at radius 3 is 1.70 bits per heavy atom. The molecule has 4 heteroatoms. The van der Waals surface area contributed by atoms with Gasteiger partial charge in [-0.25, -0.2) is 15.0 Å². The zero-order chi connectivity index (χ0) is 34.7. The van der Waals surface area contributed by atoms with E-state index in [0.717, 1.165) is 33.6 Å². The molecule has 2 aromatic heterocycles. The second-order valence-corrected chi connectivity index (χ2v) is 11.0. The van der Waals surface area contributed by atoms with Crippen molar-refractivity contribution in [3.63, 3.8) is 0 Å². The zero-order valence-electron chi connectivity index (χ0n) is 29.6. The Morgan fingerprint density at radius 2 is 0.953 bits per heavy atom. The van der Waals surface area contributed by atoms with Crippen LogP contribution in [-0.2, 0) is 0 Å². The molecule has 43 heavy (non-hydrogen) atoms. The third-order valence-electron chi connectivity index (χ3n) is 7.22. The number of benzene rings is 6. The minimum absolute atomic E-state index is 0.0225. The third-order valence-corrected chi connectivity index (χ3v) is 8.24. The Hall–Kier alpha value is -5.45. The van der Waals surface area contributed by atoms with Crippen molar-refractivity contribution < 1.29 is 9.60 Å². The molecule has 8 rings (SSSR count). The predicted octanol–water partition coefficient (Wildman–Crippen LogP) is 10.6. The highest BCUT2D eigenvalue weighted by Crippen LogP contribution is 2.36. The summed E-state index contributed by atoms with van der Waals surface area (Å²) in [6.45, 7) is 0. The van der Waals surface area contributed by atoms with Crippen LogP contribution in [0.15, 0.2) is 151 Å². The number of aromatic nitrogens is 3. The Kier molecular flexibility index (Phi) is 4.72. The molecular formula is C39H25N3S. The van der Waals surface area contributed by atoms with Gasteiger partial charge in [0, 0.05) is 36.9 Å². The highest BCUT2D eigenvalue weighted by molar-refractivity contribution is 7.25. The van der Waals surface area contributed by atoms with E-state index in [0.29, 0.717) is 22.8 Å². The van der Waals surface area contributed by atoms with Gasteiger partial charge in [0.25, 0.3) is 0 Å². The number of thiophene rings is 1. The lowest BCUT2D eigenvalue weighted by Crippen LogP contribution is -2.00. The molecule has 2 heterocycles. The highest BCUT2D eigenvalue weighted by Gasteiger charge is 2.15. The van der Waals surface area contributed by atoms with E-state index in [2.05, 4.69) is 0 Å². The number of rotatable bonds is 5. The Morgan fingerprint density at radius 1 is 0.419 bits per heavy atom. The Bertz CT molecular complexity index is 2610. The molecule has 0 amide bonds. The molecular weight excluding hydrogens is 543 g/mol. The molecule has 0 aliphatic carbocycles. The quantitative estimate of drug-likeness (QED) is 0.205. The summed E-state index contributed by atoms with van der Waals surface area (Å²) in [5.41, 5.74) is 5.48. The van der Waals surface area contributed by atoms with E-state index < -0.39 is 6.04 Å².